The van der Waals surface area contributed by atoms with E-state index in [0.29, 0.717) is 0 Å². The van der Waals surface area contributed by atoms with Gasteiger partial charge in [0.15, 0.2) is 12.7 Å². The Hall–Kier alpha value is -0.190. The summed E-state index contributed by atoms with van der Waals surface area (Å²) in [7, 11) is 0. The zero-order chi connectivity index (χ0) is 9.80. The van der Waals surface area contributed by atoms with Gasteiger partial charge in [-0.15, -0.1) is 0 Å². The van der Waals surface area contributed by atoms with Crippen LogP contribution in [-0.4, -0.2) is 0 Å². The first-order valence-electron chi connectivity index (χ1n) is 4.44. The Labute approximate surface area is 113 Å². The van der Waals surface area contributed by atoms with Crippen molar-refractivity contribution < 1.29 is 21.5 Å². The quantitative estimate of drug-likeness (QED) is 0.542. The summed E-state index contributed by atoms with van der Waals surface area (Å²) in [4.78, 5) is 0. The molecule has 0 atom stereocenters. The van der Waals surface area contributed by atoms with Gasteiger partial charge in [-0.1, -0.05) is 51.5 Å². The fourth-order valence-electron chi connectivity index (χ4n) is 1.39. The maximum absolute atomic E-state index is 3.51. The third kappa shape index (κ3) is 3.40. The monoisotopic (exact) mass is 347 g/mol. The summed E-state index contributed by atoms with van der Waals surface area (Å²) < 4.78 is 2.20. The Bertz CT molecular complexity index is 401. The zero-order valence-corrected chi connectivity index (χ0v) is 12.1. The Morgan fingerprint density at radius 3 is 2.53 bits per heavy atom. The molecular weight excluding hydrogens is 338 g/mol. The molecule has 0 saturated heterocycles. The van der Waals surface area contributed by atoms with E-state index >= 15 is 0 Å². The molecule has 0 aliphatic heterocycles. The molecule has 1 heterocycles. The summed E-state index contributed by atoms with van der Waals surface area (Å²) in [6.07, 6.45) is 2.11. The highest BCUT2D eigenvalue weighted by Crippen LogP contribution is 2.12. The van der Waals surface area contributed by atoms with Crippen molar-refractivity contribution in [3.05, 3.63) is 52.5 Å². The maximum atomic E-state index is 3.51. The van der Waals surface area contributed by atoms with Gasteiger partial charge in [0, 0.05) is 10.9 Å². The van der Waals surface area contributed by atoms with Crippen molar-refractivity contribution in [2.24, 2.45) is 0 Å². The van der Waals surface area contributed by atoms with Gasteiger partial charge in [0.2, 0.25) is 5.51 Å². The minimum absolute atomic E-state index is 0. The van der Waals surface area contributed by atoms with Crippen LogP contribution in [0.3, 0.4) is 0 Å². The molecule has 1 nitrogen and oxygen atoms in total. The molecule has 0 amide bonds. The van der Waals surface area contributed by atoms with Gasteiger partial charge in [-0.3, -0.25) is 0 Å². The number of halogens is 2. The van der Waals surface area contributed by atoms with E-state index < -0.39 is 0 Å². The highest BCUT2D eigenvalue weighted by molar-refractivity contribution is 9.08. The van der Waals surface area contributed by atoms with Crippen molar-refractivity contribution in [3.8, 4) is 0 Å². The molecule has 0 aliphatic rings. The average molecular weight is 349 g/mol. The van der Waals surface area contributed by atoms with Crippen LogP contribution in [0.2, 0.25) is 0 Å². The van der Waals surface area contributed by atoms with Crippen molar-refractivity contribution in [1.82, 2.24) is 0 Å². The number of hydrogen-bond acceptors (Lipinski definition) is 1. The van der Waals surface area contributed by atoms with E-state index in [1.54, 1.807) is 11.3 Å². The van der Waals surface area contributed by atoms with Gasteiger partial charge in [-0.2, -0.15) is 4.57 Å². The second-order valence-electron chi connectivity index (χ2n) is 3.10. The number of hydrogen-bond donors (Lipinski definition) is 0. The van der Waals surface area contributed by atoms with E-state index in [0.717, 1.165) is 11.9 Å². The first-order valence-corrected chi connectivity index (χ1v) is 6.50. The summed E-state index contributed by atoms with van der Waals surface area (Å²) in [5.41, 5.74) is 4.88. The number of benzene rings is 1. The molecule has 0 N–H and O–H groups in total. The highest BCUT2D eigenvalue weighted by Gasteiger charge is 2.06. The lowest BCUT2D eigenvalue weighted by Crippen LogP contribution is -3.00. The Balaban J connectivity index is 0.00000112. The predicted molar refractivity (Wildman–Crippen MR) is 62.7 cm³/mol. The predicted octanol–water partition coefficient (Wildman–Crippen LogP) is -0.0172. The largest absolute Gasteiger partial charge is 1.00 e. The first-order chi connectivity index (χ1) is 6.90. The van der Waals surface area contributed by atoms with Crippen LogP contribution < -0.4 is 21.5 Å². The molecule has 15 heavy (non-hydrogen) atoms. The van der Waals surface area contributed by atoms with E-state index in [-0.39, 0.29) is 17.0 Å². The lowest BCUT2D eigenvalue weighted by atomic mass is 10.1. The smallest absolute Gasteiger partial charge is 0.224 e. The van der Waals surface area contributed by atoms with Gasteiger partial charge in [0.05, 0.1) is 5.38 Å². The van der Waals surface area contributed by atoms with Gasteiger partial charge in [0.1, 0.15) is 0 Å². The fourth-order valence-corrected chi connectivity index (χ4v) is 2.54. The van der Waals surface area contributed by atoms with E-state index in [1.165, 1.54) is 11.1 Å². The van der Waals surface area contributed by atoms with Crippen molar-refractivity contribution >= 4 is 27.3 Å². The van der Waals surface area contributed by atoms with Crippen molar-refractivity contribution in [3.63, 3.8) is 0 Å². The van der Waals surface area contributed by atoms with Crippen LogP contribution in [0.15, 0.2) is 41.4 Å². The fraction of sp³-hybridized carbons (Fsp3) is 0.182. The standard InChI is InChI=1S/C11H11BrNS.BrH/c12-7-10-3-1-2-4-11(10)8-13-5-6-14-9-13;/h1-6,9H,7-8H2;1H/q+1;/p-1. The zero-order valence-electron chi connectivity index (χ0n) is 8.07. The minimum atomic E-state index is 0. The highest BCUT2D eigenvalue weighted by atomic mass is 79.9. The number of aromatic nitrogens is 1. The molecule has 0 spiro atoms. The Morgan fingerprint density at radius 2 is 1.93 bits per heavy atom. The summed E-state index contributed by atoms with van der Waals surface area (Å²) in [6, 6.07) is 8.52. The molecular formula is C11H11Br2NS. The maximum Gasteiger partial charge on any atom is 0.224 e. The molecule has 0 bridgehead atoms. The van der Waals surface area contributed by atoms with E-state index in [4.69, 9.17) is 0 Å². The van der Waals surface area contributed by atoms with E-state index in [1.807, 2.05) is 0 Å². The third-order valence-electron chi connectivity index (χ3n) is 2.14. The van der Waals surface area contributed by atoms with Crippen LogP contribution >= 0.6 is 27.3 Å². The second-order valence-corrected chi connectivity index (χ2v) is 4.42. The Kier molecular flexibility index (Phi) is 5.50. The van der Waals surface area contributed by atoms with Crippen molar-refractivity contribution in [2.45, 2.75) is 11.9 Å². The molecule has 2 rings (SSSR count). The number of rotatable bonds is 3. The van der Waals surface area contributed by atoms with Gasteiger partial charge >= 0.3 is 0 Å². The first kappa shape index (κ1) is 12.9. The molecule has 80 valence electrons. The molecule has 0 radical (unpaired) electrons. The minimum Gasteiger partial charge on any atom is -1.00 e. The molecule has 4 heteroatoms. The lowest BCUT2D eigenvalue weighted by molar-refractivity contribution is -0.683. The molecule has 2 aromatic rings. The topological polar surface area (TPSA) is 3.88 Å². The van der Waals surface area contributed by atoms with E-state index in [2.05, 4.69) is 61.8 Å². The lowest BCUT2D eigenvalue weighted by Gasteiger charge is -2.01. The summed E-state index contributed by atoms with van der Waals surface area (Å²) in [6.45, 7) is 0.964. The number of alkyl halides is 1. The van der Waals surface area contributed by atoms with Gasteiger partial charge in [-0.05, 0) is 5.56 Å². The third-order valence-corrected chi connectivity index (χ3v) is 3.42. The average Bonchev–Trinajstić information content (AvgIpc) is 2.71. The molecule has 0 saturated carbocycles. The number of nitrogens with zero attached hydrogens (tertiary/aromatic N) is 1. The van der Waals surface area contributed by atoms with Gasteiger partial charge in [0.25, 0.3) is 0 Å². The van der Waals surface area contributed by atoms with Crippen LogP contribution in [-0.2, 0) is 11.9 Å². The van der Waals surface area contributed by atoms with Crippen LogP contribution in [0.5, 0.6) is 0 Å². The van der Waals surface area contributed by atoms with Crippen LogP contribution in [0.4, 0.5) is 0 Å². The molecule has 0 unspecified atom stereocenters. The SMILES string of the molecule is BrCc1ccccc1C[n+]1ccsc1.[Br-]. The molecule has 1 aromatic carbocycles. The van der Waals surface area contributed by atoms with E-state index in [9.17, 15) is 0 Å². The van der Waals surface area contributed by atoms with Gasteiger partial charge in [-0.25, -0.2) is 0 Å². The van der Waals surface area contributed by atoms with Gasteiger partial charge < -0.3 is 17.0 Å². The van der Waals surface area contributed by atoms with Crippen molar-refractivity contribution in [2.75, 3.05) is 0 Å². The normalized spacial score (nSPS) is 9.67. The molecule has 1 aromatic heterocycles. The Morgan fingerprint density at radius 1 is 1.20 bits per heavy atom. The second kappa shape index (κ2) is 6.40. The molecule has 0 fully saturated rings. The van der Waals surface area contributed by atoms with Crippen molar-refractivity contribution in [1.29, 1.82) is 0 Å². The van der Waals surface area contributed by atoms with Crippen LogP contribution in [0.1, 0.15) is 11.1 Å². The summed E-state index contributed by atoms with van der Waals surface area (Å²) >= 11 is 5.23. The summed E-state index contributed by atoms with van der Waals surface area (Å²) in [5, 5.41) is 3.02. The summed E-state index contributed by atoms with van der Waals surface area (Å²) in [5.74, 6) is 0. The number of thiazole rings is 1. The molecule has 0 aliphatic carbocycles. The van der Waals surface area contributed by atoms with Crippen LogP contribution in [0, 0.1) is 0 Å². The van der Waals surface area contributed by atoms with Crippen LogP contribution in [0.25, 0.3) is 0 Å².